The van der Waals surface area contributed by atoms with Crippen LogP contribution in [0, 0.1) is 0 Å². The van der Waals surface area contributed by atoms with Crippen LogP contribution in [0.4, 0.5) is 5.69 Å². The summed E-state index contributed by atoms with van der Waals surface area (Å²) in [5.74, 6) is 0.307. The van der Waals surface area contributed by atoms with Crippen molar-refractivity contribution < 1.29 is 9.53 Å². The van der Waals surface area contributed by atoms with Gasteiger partial charge in [-0.2, -0.15) is 0 Å². The summed E-state index contributed by atoms with van der Waals surface area (Å²) in [7, 11) is 0. The molecular weight excluding hydrogens is 228 g/mol. The predicted molar refractivity (Wildman–Crippen MR) is 73.8 cm³/mol. The Morgan fingerprint density at radius 2 is 2.17 bits per heavy atom. The molecule has 0 aromatic heterocycles. The number of carbonyl (C=O) groups excluding carboxylic acids is 1. The summed E-state index contributed by atoms with van der Waals surface area (Å²) in [6.45, 7) is 6.82. The van der Waals surface area contributed by atoms with Gasteiger partial charge < -0.3 is 15.8 Å². The molecule has 0 heterocycles. The fourth-order valence-electron chi connectivity index (χ4n) is 1.50. The molecule has 0 fully saturated rings. The van der Waals surface area contributed by atoms with Gasteiger partial charge in [0.15, 0.2) is 0 Å². The number of benzene rings is 1. The first kappa shape index (κ1) is 14.1. The van der Waals surface area contributed by atoms with Gasteiger partial charge in [-0.25, -0.2) is 0 Å². The highest BCUT2D eigenvalue weighted by Gasteiger charge is 2.15. The highest BCUT2D eigenvalue weighted by atomic mass is 16.5. The topological polar surface area (TPSA) is 64.3 Å². The molecule has 0 aliphatic heterocycles. The Morgan fingerprint density at radius 1 is 1.44 bits per heavy atom. The van der Waals surface area contributed by atoms with Crippen LogP contribution in [0.5, 0.6) is 5.75 Å². The number of carbonyl (C=O) groups is 1. The first-order chi connectivity index (χ1) is 8.56. The molecule has 4 nitrogen and oxygen atoms in total. The van der Waals surface area contributed by atoms with E-state index in [1.807, 2.05) is 26.8 Å². The number of nitrogen functional groups attached to an aromatic ring is 1. The molecule has 1 aromatic carbocycles. The minimum Gasteiger partial charge on any atom is -0.493 e. The van der Waals surface area contributed by atoms with Crippen LogP contribution in [-0.4, -0.2) is 19.1 Å². The van der Waals surface area contributed by atoms with Gasteiger partial charge in [0.2, 0.25) is 0 Å². The average Bonchev–Trinajstić information content (AvgIpc) is 2.28. The lowest BCUT2D eigenvalue weighted by Crippen LogP contribution is -2.25. The van der Waals surface area contributed by atoms with Gasteiger partial charge in [-0.15, -0.1) is 0 Å². The number of hydrogen-bond donors (Lipinski definition) is 2. The van der Waals surface area contributed by atoms with E-state index in [4.69, 9.17) is 10.5 Å². The van der Waals surface area contributed by atoms with Crippen molar-refractivity contribution >= 4 is 11.6 Å². The molecule has 0 saturated heterocycles. The predicted octanol–water partition coefficient (Wildman–Crippen LogP) is 2.36. The Labute approximate surface area is 108 Å². The Morgan fingerprint density at radius 3 is 2.78 bits per heavy atom. The van der Waals surface area contributed by atoms with Crippen LogP contribution in [0.25, 0.3) is 0 Å². The summed E-state index contributed by atoms with van der Waals surface area (Å²) < 4.78 is 5.41. The van der Waals surface area contributed by atoms with Gasteiger partial charge in [0.25, 0.3) is 5.91 Å². The minimum atomic E-state index is -0.214. The maximum Gasteiger partial charge on any atom is 0.257 e. The van der Waals surface area contributed by atoms with Gasteiger partial charge in [-0.05, 0) is 32.9 Å². The van der Waals surface area contributed by atoms with Crippen LogP contribution in [0.15, 0.2) is 29.8 Å². The zero-order chi connectivity index (χ0) is 13.5. The van der Waals surface area contributed by atoms with Gasteiger partial charge in [0.1, 0.15) is 11.3 Å². The summed E-state index contributed by atoms with van der Waals surface area (Å²) in [4.78, 5) is 12.0. The van der Waals surface area contributed by atoms with Gasteiger partial charge >= 0.3 is 0 Å². The van der Waals surface area contributed by atoms with Crippen molar-refractivity contribution in [1.29, 1.82) is 0 Å². The van der Waals surface area contributed by atoms with Crippen molar-refractivity contribution in [3.63, 3.8) is 0 Å². The third kappa shape index (κ3) is 3.80. The molecule has 0 aliphatic rings. The molecule has 0 unspecified atom stereocenters. The van der Waals surface area contributed by atoms with E-state index in [-0.39, 0.29) is 5.91 Å². The fraction of sp³-hybridized carbons (Fsp3) is 0.357. The molecular formula is C14H20N2O2. The Hall–Kier alpha value is -1.97. The Balaban J connectivity index is 2.87. The summed E-state index contributed by atoms with van der Waals surface area (Å²) in [5, 5.41) is 2.79. The summed E-state index contributed by atoms with van der Waals surface area (Å²) >= 11 is 0. The van der Waals surface area contributed by atoms with E-state index in [2.05, 4.69) is 5.32 Å². The molecule has 1 rings (SSSR count). The number of hydrogen-bond acceptors (Lipinski definition) is 3. The summed E-state index contributed by atoms with van der Waals surface area (Å²) in [6.07, 6.45) is 1.94. The summed E-state index contributed by atoms with van der Waals surface area (Å²) in [5.41, 5.74) is 7.81. The normalized spacial score (nSPS) is 9.72. The van der Waals surface area contributed by atoms with Crippen LogP contribution in [0.2, 0.25) is 0 Å². The molecule has 1 aromatic rings. The number of nitrogens with two attached hydrogens (primary N) is 1. The van der Waals surface area contributed by atoms with Crippen LogP contribution < -0.4 is 15.8 Å². The fourth-order valence-corrected chi connectivity index (χ4v) is 1.50. The molecule has 0 bridgehead atoms. The monoisotopic (exact) mass is 248 g/mol. The van der Waals surface area contributed by atoms with Crippen molar-refractivity contribution in [2.75, 3.05) is 18.9 Å². The van der Waals surface area contributed by atoms with E-state index in [0.29, 0.717) is 30.2 Å². The van der Waals surface area contributed by atoms with E-state index in [1.165, 1.54) is 0 Å². The third-order valence-corrected chi connectivity index (χ3v) is 2.36. The second-order valence-electron chi connectivity index (χ2n) is 4.14. The van der Waals surface area contributed by atoms with Gasteiger partial charge in [0.05, 0.1) is 6.61 Å². The SMILES string of the molecule is CCOc1cccc(N)c1C(=O)NCC=C(C)C. The van der Waals surface area contributed by atoms with E-state index in [0.717, 1.165) is 5.57 Å². The zero-order valence-corrected chi connectivity index (χ0v) is 11.1. The summed E-state index contributed by atoms with van der Waals surface area (Å²) in [6, 6.07) is 5.21. The smallest absolute Gasteiger partial charge is 0.257 e. The third-order valence-electron chi connectivity index (χ3n) is 2.36. The van der Waals surface area contributed by atoms with Gasteiger partial charge in [0, 0.05) is 12.2 Å². The lowest BCUT2D eigenvalue weighted by molar-refractivity contribution is 0.0955. The number of allylic oxidation sites excluding steroid dienone is 1. The van der Waals surface area contributed by atoms with Crippen molar-refractivity contribution in [2.24, 2.45) is 0 Å². The Bertz CT molecular complexity index is 449. The molecule has 4 heteroatoms. The molecule has 3 N–H and O–H groups in total. The van der Waals surface area contributed by atoms with Gasteiger partial charge in [-0.3, -0.25) is 4.79 Å². The molecule has 0 radical (unpaired) electrons. The molecule has 0 atom stereocenters. The van der Waals surface area contributed by atoms with Crippen molar-refractivity contribution in [1.82, 2.24) is 5.32 Å². The van der Waals surface area contributed by atoms with Crippen LogP contribution in [0.3, 0.4) is 0 Å². The van der Waals surface area contributed by atoms with E-state index in [1.54, 1.807) is 18.2 Å². The molecule has 0 aliphatic carbocycles. The lowest BCUT2D eigenvalue weighted by Gasteiger charge is -2.12. The van der Waals surface area contributed by atoms with E-state index in [9.17, 15) is 4.79 Å². The second-order valence-corrected chi connectivity index (χ2v) is 4.14. The highest BCUT2D eigenvalue weighted by molar-refractivity contribution is 6.01. The molecule has 18 heavy (non-hydrogen) atoms. The van der Waals surface area contributed by atoms with Gasteiger partial charge in [-0.1, -0.05) is 17.7 Å². The number of nitrogens with one attached hydrogen (secondary N) is 1. The minimum absolute atomic E-state index is 0.214. The van der Waals surface area contributed by atoms with Crippen molar-refractivity contribution in [2.45, 2.75) is 20.8 Å². The highest BCUT2D eigenvalue weighted by Crippen LogP contribution is 2.24. The quantitative estimate of drug-likeness (QED) is 0.621. The first-order valence-electron chi connectivity index (χ1n) is 5.99. The average molecular weight is 248 g/mol. The van der Waals surface area contributed by atoms with Crippen LogP contribution in [0.1, 0.15) is 31.1 Å². The molecule has 98 valence electrons. The maximum absolute atomic E-state index is 12.0. The maximum atomic E-state index is 12.0. The van der Waals surface area contributed by atoms with Crippen molar-refractivity contribution in [3.8, 4) is 5.75 Å². The Kier molecular flexibility index (Phi) is 5.24. The molecule has 1 amide bonds. The second kappa shape index (κ2) is 6.69. The first-order valence-corrected chi connectivity index (χ1v) is 5.99. The van der Waals surface area contributed by atoms with Crippen LogP contribution >= 0.6 is 0 Å². The number of ether oxygens (including phenoxy) is 1. The zero-order valence-electron chi connectivity index (χ0n) is 11.1. The largest absolute Gasteiger partial charge is 0.493 e. The van der Waals surface area contributed by atoms with Crippen LogP contribution in [-0.2, 0) is 0 Å². The molecule has 0 spiro atoms. The number of anilines is 1. The number of amides is 1. The number of rotatable bonds is 5. The van der Waals surface area contributed by atoms with E-state index >= 15 is 0 Å². The van der Waals surface area contributed by atoms with Crippen molar-refractivity contribution in [3.05, 3.63) is 35.4 Å². The lowest BCUT2D eigenvalue weighted by atomic mass is 10.1. The van der Waals surface area contributed by atoms with E-state index < -0.39 is 0 Å². The molecule has 0 saturated carbocycles. The standard InChI is InChI=1S/C14H20N2O2/c1-4-18-12-7-5-6-11(15)13(12)14(17)16-9-8-10(2)3/h5-8H,4,9,15H2,1-3H3,(H,16,17).